The number of hydrogen-bond acceptors (Lipinski definition) is 6. The van der Waals surface area contributed by atoms with Gasteiger partial charge >= 0.3 is 0 Å². The molecule has 8 nitrogen and oxygen atoms in total. The van der Waals surface area contributed by atoms with Gasteiger partial charge in [-0.2, -0.15) is 4.98 Å². The summed E-state index contributed by atoms with van der Waals surface area (Å²) >= 11 is 5.91. The van der Waals surface area contributed by atoms with Crippen molar-refractivity contribution in [1.29, 1.82) is 0 Å². The Labute approximate surface area is 172 Å². The van der Waals surface area contributed by atoms with E-state index in [1.54, 1.807) is 24.3 Å². The van der Waals surface area contributed by atoms with Crippen molar-refractivity contribution < 1.29 is 14.2 Å². The monoisotopic (exact) mass is 414 g/mol. The van der Waals surface area contributed by atoms with Crippen LogP contribution in [0.4, 0.5) is 5.69 Å². The fourth-order valence-electron chi connectivity index (χ4n) is 2.75. The lowest BCUT2D eigenvalue weighted by molar-refractivity contribution is -0.384. The number of carbonyl (C=O) groups is 1. The van der Waals surface area contributed by atoms with E-state index in [0.717, 1.165) is 12.0 Å². The fraction of sp³-hybridized carbons (Fsp3) is 0.250. The molecule has 0 saturated heterocycles. The van der Waals surface area contributed by atoms with Crippen LogP contribution in [0.5, 0.6) is 0 Å². The van der Waals surface area contributed by atoms with Crippen LogP contribution in [0.1, 0.15) is 42.6 Å². The summed E-state index contributed by atoms with van der Waals surface area (Å²) in [5.74, 6) is 0.194. The summed E-state index contributed by atoms with van der Waals surface area (Å²) in [6, 6.07) is 12.0. The van der Waals surface area contributed by atoms with E-state index in [9.17, 15) is 14.9 Å². The summed E-state index contributed by atoms with van der Waals surface area (Å²) in [4.78, 5) is 27.6. The molecule has 0 radical (unpaired) electrons. The Morgan fingerprint density at radius 1 is 1.28 bits per heavy atom. The zero-order valence-electron chi connectivity index (χ0n) is 15.8. The highest BCUT2D eigenvalue weighted by atomic mass is 35.5. The van der Waals surface area contributed by atoms with E-state index in [0.29, 0.717) is 10.8 Å². The van der Waals surface area contributed by atoms with E-state index in [4.69, 9.17) is 16.1 Å². The van der Waals surface area contributed by atoms with Crippen LogP contribution >= 0.6 is 11.6 Å². The molecule has 3 rings (SSSR count). The van der Waals surface area contributed by atoms with E-state index < -0.39 is 16.9 Å². The SMILES string of the molecule is CC[C@@H](C)[C@H](NC(=O)c1cccc([N+](=O)[O-])c1)c1nc(-c2ccc(Cl)cc2)no1. The highest BCUT2D eigenvalue weighted by Crippen LogP contribution is 2.27. The first-order valence-electron chi connectivity index (χ1n) is 9.04. The van der Waals surface area contributed by atoms with Crippen molar-refractivity contribution in [2.45, 2.75) is 26.3 Å². The van der Waals surface area contributed by atoms with Gasteiger partial charge in [-0.3, -0.25) is 14.9 Å². The Morgan fingerprint density at radius 3 is 2.66 bits per heavy atom. The molecule has 9 heteroatoms. The van der Waals surface area contributed by atoms with E-state index in [1.165, 1.54) is 24.3 Å². The number of aromatic nitrogens is 2. The molecule has 29 heavy (non-hydrogen) atoms. The number of nitrogens with zero attached hydrogens (tertiary/aromatic N) is 3. The highest BCUT2D eigenvalue weighted by Gasteiger charge is 2.27. The quantitative estimate of drug-likeness (QED) is 0.438. The Hall–Kier alpha value is -3.26. The number of nitrogens with one attached hydrogen (secondary N) is 1. The van der Waals surface area contributed by atoms with E-state index in [-0.39, 0.29) is 23.1 Å². The summed E-state index contributed by atoms with van der Waals surface area (Å²) in [5.41, 5.74) is 0.766. The normalized spacial score (nSPS) is 12.9. The Bertz CT molecular complexity index is 1020. The average Bonchev–Trinajstić information content (AvgIpc) is 3.21. The van der Waals surface area contributed by atoms with Gasteiger partial charge in [-0.05, 0) is 36.2 Å². The maximum atomic E-state index is 12.7. The molecular formula is C20H19ClN4O4. The number of benzene rings is 2. The summed E-state index contributed by atoms with van der Waals surface area (Å²) < 4.78 is 5.42. The molecule has 150 valence electrons. The van der Waals surface area contributed by atoms with Gasteiger partial charge in [0.1, 0.15) is 6.04 Å². The summed E-state index contributed by atoms with van der Waals surface area (Å²) in [5, 5.41) is 18.4. The predicted molar refractivity (Wildman–Crippen MR) is 108 cm³/mol. The number of carbonyl (C=O) groups excluding carboxylic acids is 1. The average molecular weight is 415 g/mol. The number of amides is 1. The third kappa shape index (κ3) is 4.78. The molecule has 0 fully saturated rings. The molecule has 3 aromatic rings. The maximum absolute atomic E-state index is 12.7. The fourth-order valence-corrected chi connectivity index (χ4v) is 2.87. The van der Waals surface area contributed by atoms with Crippen molar-refractivity contribution in [3.05, 3.63) is 75.1 Å². The van der Waals surface area contributed by atoms with Gasteiger partial charge in [0.05, 0.1) is 4.92 Å². The van der Waals surface area contributed by atoms with E-state index >= 15 is 0 Å². The maximum Gasteiger partial charge on any atom is 0.270 e. The Morgan fingerprint density at radius 2 is 2.00 bits per heavy atom. The van der Waals surface area contributed by atoms with Gasteiger partial charge in [-0.25, -0.2) is 0 Å². The first-order valence-corrected chi connectivity index (χ1v) is 9.41. The minimum atomic E-state index is -0.542. The lowest BCUT2D eigenvalue weighted by atomic mass is 9.98. The number of rotatable bonds is 7. The largest absolute Gasteiger partial charge is 0.340 e. The van der Waals surface area contributed by atoms with Gasteiger partial charge in [0.15, 0.2) is 0 Å². The predicted octanol–water partition coefficient (Wildman–Crippen LogP) is 4.82. The number of halogens is 1. The molecule has 0 spiro atoms. The van der Waals surface area contributed by atoms with Crippen LogP contribution in [0, 0.1) is 16.0 Å². The summed E-state index contributed by atoms with van der Waals surface area (Å²) in [7, 11) is 0. The lowest BCUT2D eigenvalue weighted by Crippen LogP contribution is -2.32. The van der Waals surface area contributed by atoms with Crippen LogP contribution in [0.15, 0.2) is 53.1 Å². The second-order valence-corrected chi connectivity index (χ2v) is 7.04. The smallest absolute Gasteiger partial charge is 0.270 e. The van der Waals surface area contributed by atoms with Crippen LogP contribution < -0.4 is 5.32 Å². The molecular weight excluding hydrogens is 396 g/mol. The second-order valence-electron chi connectivity index (χ2n) is 6.61. The number of hydrogen-bond donors (Lipinski definition) is 1. The van der Waals surface area contributed by atoms with Gasteiger partial charge in [-0.1, -0.05) is 43.1 Å². The molecule has 1 aromatic heterocycles. The molecule has 1 heterocycles. The topological polar surface area (TPSA) is 111 Å². The van der Waals surface area contributed by atoms with Crippen LogP contribution in [-0.4, -0.2) is 21.0 Å². The zero-order valence-corrected chi connectivity index (χ0v) is 16.6. The van der Waals surface area contributed by atoms with Gasteiger partial charge < -0.3 is 9.84 Å². The van der Waals surface area contributed by atoms with Gasteiger partial charge in [-0.15, -0.1) is 0 Å². The number of nitro groups is 1. The Balaban J connectivity index is 1.85. The Kier molecular flexibility index (Phi) is 6.23. The third-order valence-electron chi connectivity index (χ3n) is 4.63. The van der Waals surface area contributed by atoms with E-state index in [2.05, 4.69) is 15.5 Å². The minimum Gasteiger partial charge on any atom is -0.340 e. The van der Waals surface area contributed by atoms with Crippen molar-refractivity contribution in [3.63, 3.8) is 0 Å². The van der Waals surface area contributed by atoms with Crippen LogP contribution in [0.2, 0.25) is 5.02 Å². The van der Waals surface area contributed by atoms with Gasteiger partial charge in [0.2, 0.25) is 11.7 Å². The molecule has 1 amide bonds. The van der Waals surface area contributed by atoms with Crippen LogP contribution in [0.25, 0.3) is 11.4 Å². The molecule has 1 N–H and O–H groups in total. The first-order chi connectivity index (χ1) is 13.9. The molecule has 2 atom stereocenters. The van der Waals surface area contributed by atoms with Crippen molar-refractivity contribution >= 4 is 23.2 Å². The molecule has 0 aliphatic rings. The molecule has 0 aliphatic heterocycles. The molecule has 0 saturated carbocycles. The molecule has 2 aromatic carbocycles. The van der Waals surface area contributed by atoms with Crippen LogP contribution in [-0.2, 0) is 0 Å². The van der Waals surface area contributed by atoms with Crippen molar-refractivity contribution in [2.75, 3.05) is 0 Å². The van der Waals surface area contributed by atoms with Gasteiger partial charge in [0.25, 0.3) is 11.6 Å². The van der Waals surface area contributed by atoms with Crippen molar-refractivity contribution in [1.82, 2.24) is 15.5 Å². The summed E-state index contributed by atoms with van der Waals surface area (Å²) in [6.07, 6.45) is 0.749. The summed E-state index contributed by atoms with van der Waals surface area (Å²) in [6.45, 7) is 3.93. The van der Waals surface area contributed by atoms with Crippen molar-refractivity contribution in [2.24, 2.45) is 5.92 Å². The number of non-ortho nitro benzene ring substituents is 1. The standard InChI is InChI=1S/C20H19ClN4O4/c1-3-12(2)17(22-19(26)14-5-4-6-16(11-14)25(27)28)20-23-18(24-29-20)13-7-9-15(21)10-8-13/h4-12,17H,3H2,1-2H3,(H,22,26)/t12-,17+/m1/s1. The second kappa shape index (κ2) is 8.83. The van der Waals surface area contributed by atoms with Gasteiger partial charge in [0, 0.05) is 28.3 Å². The zero-order chi connectivity index (χ0) is 21.0. The minimum absolute atomic E-state index is 0.00355. The highest BCUT2D eigenvalue weighted by molar-refractivity contribution is 6.30. The molecule has 0 aliphatic carbocycles. The molecule has 0 bridgehead atoms. The van der Waals surface area contributed by atoms with Crippen LogP contribution in [0.3, 0.4) is 0 Å². The number of nitro benzene ring substituents is 1. The third-order valence-corrected chi connectivity index (χ3v) is 4.88. The lowest BCUT2D eigenvalue weighted by Gasteiger charge is -2.20. The van der Waals surface area contributed by atoms with E-state index in [1.807, 2.05) is 13.8 Å². The van der Waals surface area contributed by atoms with Crippen molar-refractivity contribution in [3.8, 4) is 11.4 Å². The molecule has 0 unspecified atom stereocenters. The first kappa shape index (κ1) is 20.5.